The third-order valence-corrected chi connectivity index (χ3v) is 3.37. The van der Waals surface area contributed by atoms with Crippen LogP contribution in [0.25, 0.3) is 0 Å². The normalized spacial score (nSPS) is 11.6. The molecule has 0 heterocycles. The molecule has 0 bridgehead atoms. The Bertz CT molecular complexity index is 489. The monoisotopic (exact) mass is 305 g/mol. The van der Waals surface area contributed by atoms with Crippen LogP contribution in [0.15, 0.2) is 24.3 Å². The van der Waals surface area contributed by atoms with Crippen molar-refractivity contribution in [1.82, 2.24) is 10.6 Å². The molecule has 22 heavy (non-hydrogen) atoms. The van der Waals surface area contributed by atoms with Gasteiger partial charge in [0.25, 0.3) is 0 Å². The second-order valence-corrected chi connectivity index (χ2v) is 5.49. The zero-order chi connectivity index (χ0) is 16.4. The number of carbonyl (C=O) groups excluding carboxylic acids is 2. The molecule has 5 nitrogen and oxygen atoms in total. The van der Waals surface area contributed by atoms with Crippen molar-refractivity contribution in [3.63, 3.8) is 0 Å². The molecule has 3 N–H and O–H groups in total. The van der Waals surface area contributed by atoms with Crippen molar-refractivity contribution >= 4 is 17.6 Å². The Kier molecular flexibility index (Phi) is 8.04. The van der Waals surface area contributed by atoms with E-state index in [9.17, 15) is 9.59 Å². The van der Waals surface area contributed by atoms with Crippen molar-refractivity contribution in [2.75, 3.05) is 11.9 Å². The number of urea groups is 1. The van der Waals surface area contributed by atoms with Gasteiger partial charge < -0.3 is 16.0 Å². The fourth-order valence-electron chi connectivity index (χ4n) is 2.17. The molecule has 1 aromatic rings. The molecule has 0 radical (unpaired) electrons. The molecule has 122 valence electrons. The maximum absolute atomic E-state index is 11.8. The lowest BCUT2D eigenvalue weighted by atomic mass is 10.1. The number of hydrogen-bond acceptors (Lipinski definition) is 2. The molecule has 0 saturated carbocycles. The summed E-state index contributed by atoms with van der Waals surface area (Å²) in [7, 11) is 0. The van der Waals surface area contributed by atoms with E-state index in [-0.39, 0.29) is 18.0 Å². The van der Waals surface area contributed by atoms with Crippen LogP contribution in [0.4, 0.5) is 10.5 Å². The summed E-state index contributed by atoms with van der Waals surface area (Å²) in [6.45, 7) is 6.26. The maximum Gasteiger partial charge on any atom is 0.315 e. The van der Waals surface area contributed by atoms with Crippen molar-refractivity contribution in [3.05, 3.63) is 29.8 Å². The first-order chi connectivity index (χ1) is 10.5. The third-order valence-electron chi connectivity index (χ3n) is 3.37. The van der Waals surface area contributed by atoms with Gasteiger partial charge >= 0.3 is 6.03 Å². The van der Waals surface area contributed by atoms with E-state index in [1.807, 2.05) is 31.2 Å². The van der Waals surface area contributed by atoms with Gasteiger partial charge in [0.1, 0.15) is 0 Å². The summed E-state index contributed by atoms with van der Waals surface area (Å²) in [6.07, 6.45) is 4.54. The van der Waals surface area contributed by atoms with Gasteiger partial charge in [0, 0.05) is 19.2 Å². The number of anilines is 1. The topological polar surface area (TPSA) is 70.2 Å². The Hall–Kier alpha value is -2.04. The molecule has 0 saturated heterocycles. The average molecular weight is 305 g/mol. The third kappa shape index (κ3) is 7.11. The number of benzene rings is 1. The van der Waals surface area contributed by atoms with E-state index in [0.717, 1.165) is 24.1 Å². The van der Waals surface area contributed by atoms with Crippen LogP contribution in [-0.2, 0) is 4.79 Å². The lowest BCUT2D eigenvalue weighted by Gasteiger charge is -2.16. The van der Waals surface area contributed by atoms with E-state index in [1.54, 1.807) is 0 Å². The number of carbonyl (C=O) groups is 2. The van der Waals surface area contributed by atoms with E-state index in [1.165, 1.54) is 19.8 Å². The van der Waals surface area contributed by atoms with Crippen molar-refractivity contribution in [2.24, 2.45) is 0 Å². The summed E-state index contributed by atoms with van der Waals surface area (Å²) in [5.74, 6) is -0.109. The minimum atomic E-state index is -0.158. The molecule has 0 fully saturated rings. The van der Waals surface area contributed by atoms with Crippen molar-refractivity contribution in [3.8, 4) is 0 Å². The standard InChI is InChI=1S/C17H27N3O2/c1-4-5-6-7-11-18-17(22)19-13(2)15-9-8-10-16(12-15)20-14(3)21/h8-10,12-13H,4-7,11H2,1-3H3,(H,20,21)(H2,18,19,22)/t13-/m1/s1. The molecule has 0 aliphatic carbocycles. The summed E-state index contributed by atoms with van der Waals surface area (Å²) >= 11 is 0. The van der Waals surface area contributed by atoms with Gasteiger partial charge in [-0.3, -0.25) is 4.79 Å². The molecule has 1 atom stereocenters. The first-order valence-corrected chi connectivity index (χ1v) is 7.94. The lowest BCUT2D eigenvalue weighted by molar-refractivity contribution is -0.114. The fourth-order valence-corrected chi connectivity index (χ4v) is 2.17. The van der Waals surface area contributed by atoms with Gasteiger partial charge in [-0.25, -0.2) is 4.79 Å². The van der Waals surface area contributed by atoms with E-state index < -0.39 is 0 Å². The Morgan fingerprint density at radius 1 is 1.18 bits per heavy atom. The Labute approximate surface area is 132 Å². The van der Waals surface area contributed by atoms with Crippen LogP contribution < -0.4 is 16.0 Å². The predicted octanol–water partition coefficient (Wildman–Crippen LogP) is 3.59. The minimum absolute atomic E-state index is 0.109. The highest BCUT2D eigenvalue weighted by atomic mass is 16.2. The van der Waals surface area contributed by atoms with Crippen LogP contribution in [-0.4, -0.2) is 18.5 Å². The molecule has 0 spiro atoms. The van der Waals surface area contributed by atoms with Gasteiger partial charge in [-0.05, 0) is 31.0 Å². The lowest BCUT2D eigenvalue weighted by Crippen LogP contribution is -2.37. The second kappa shape index (κ2) is 9.82. The van der Waals surface area contributed by atoms with Crippen LogP contribution >= 0.6 is 0 Å². The summed E-state index contributed by atoms with van der Waals surface area (Å²) < 4.78 is 0. The predicted molar refractivity (Wildman–Crippen MR) is 89.8 cm³/mol. The molecule has 0 aliphatic heterocycles. The van der Waals surface area contributed by atoms with Crippen molar-refractivity contribution in [1.29, 1.82) is 0 Å². The van der Waals surface area contributed by atoms with E-state index in [0.29, 0.717) is 6.54 Å². The molecule has 0 aliphatic rings. The summed E-state index contributed by atoms with van der Waals surface area (Å²) in [6, 6.07) is 7.20. The smallest absolute Gasteiger partial charge is 0.315 e. The number of amides is 3. The first-order valence-electron chi connectivity index (χ1n) is 7.94. The molecule has 3 amide bonds. The maximum atomic E-state index is 11.8. The molecule has 0 unspecified atom stereocenters. The minimum Gasteiger partial charge on any atom is -0.338 e. The van der Waals surface area contributed by atoms with Crippen LogP contribution in [0.2, 0.25) is 0 Å². The van der Waals surface area contributed by atoms with Crippen LogP contribution in [0, 0.1) is 0 Å². The Morgan fingerprint density at radius 2 is 1.95 bits per heavy atom. The second-order valence-electron chi connectivity index (χ2n) is 5.49. The van der Waals surface area contributed by atoms with Crippen molar-refractivity contribution in [2.45, 2.75) is 52.5 Å². The fraction of sp³-hybridized carbons (Fsp3) is 0.529. The van der Waals surface area contributed by atoms with Gasteiger partial charge in [-0.2, -0.15) is 0 Å². The quantitative estimate of drug-likeness (QED) is 0.642. The number of nitrogens with one attached hydrogen (secondary N) is 3. The highest BCUT2D eigenvalue weighted by Gasteiger charge is 2.09. The van der Waals surface area contributed by atoms with Crippen LogP contribution in [0.1, 0.15) is 58.1 Å². The van der Waals surface area contributed by atoms with E-state index in [2.05, 4.69) is 22.9 Å². The number of rotatable bonds is 8. The first kappa shape index (κ1) is 18.0. The summed E-state index contributed by atoms with van der Waals surface area (Å²) in [4.78, 5) is 22.9. The molecular formula is C17H27N3O2. The number of unbranched alkanes of at least 4 members (excludes halogenated alkanes) is 3. The summed E-state index contributed by atoms with van der Waals surface area (Å²) in [5, 5.41) is 8.51. The highest BCUT2D eigenvalue weighted by molar-refractivity contribution is 5.88. The Morgan fingerprint density at radius 3 is 2.64 bits per heavy atom. The highest BCUT2D eigenvalue weighted by Crippen LogP contribution is 2.17. The average Bonchev–Trinajstić information content (AvgIpc) is 2.46. The van der Waals surface area contributed by atoms with Crippen molar-refractivity contribution < 1.29 is 9.59 Å². The zero-order valence-electron chi connectivity index (χ0n) is 13.7. The van der Waals surface area contributed by atoms with Gasteiger partial charge in [0.15, 0.2) is 0 Å². The Balaban J connectivity index is 2.42. The number of hydrogen-bond donors (Lipinski definition) is 3. The van der Waals surface area contributed by atoms with Crippen LogP contribution in [0.3, 0.4) is 0 Å². The zero-order valence-corrected chi connectivity index (χ0v) is 13.7. The SMILES string of the molecule is CCCCCCNC(=O)N[C@H](C)c1cccc(NC(C)=O)c1. The van der Waals surface area contributed by atoms with E-state index >= 15 is 0 Å². The van der Waals surface area contributed by atoms with Gasteiger partial charge in [0.2, 0.25) is 5.91 Å². The molecule has 5 heteroatoms. The van der Waals surface area contributed by atoms with Gasteiger partial charge in [-0.15, -0.1) is 0 Å². The molecule has 0 aromatic heterocycles. The molecule has 1 aromatic carbocycles. The molecule has 1 rings (SSSR count). The summed E-state index contributed by atoms with van der Waals surface area (Å²) in [5.41, 5.74) is 1.69. The van der Waals surface area contributed by atoms with Gasteiger partial charge in [-0.1, -0.05) is 38.3 Å². The largest absolute Gasteiger partial charge is 0.338 e. The molecular weight excluding hydrogens is 278 g/mol. The van der Waals surface area contributed by atoms with Crippen LogP contribution in [0.5, 0.6) is 0 Å². The van der Waals surface area contributed by atoms with Gasteiger partial charge in [0.05, 0.1) is 6.04 Å². The van der Waals surface area contributed by atoms with E-state index in [4.69, 9.17) is 0 Å².